The number of rotatable bonds is 12. The maximum absolute atomic E-state index is 13.5. The summed E-state index contributed by atoms with van der Waals surface area (Å²) in [6.07, 6.45) is 2.54. The highest BCUT2D eigenvalue weighted by molar-refractivity contribution is 5.87. The van der Waals surface area contributed by atoms with Gasteiger partial charge in [0.25, 0.3) is 0 Å². The number of hydrogen-bond acceptors (Lipinski definition) is 5. The number of fused-ring (bicyclic) bond motifs is 1. The lowest BCUT2D eigenvalue weighted by Crippen LogP contribution is -2.41. The van der Waals surface area contributed by atoms with Crippen molar-refractivity contribution in [3.05, 3.63) is 126 Å². The van der Waals surface area contributed by atoms with E-state index >= 15 is 0 Å². The first kappa shape index (κ1) is 29.5. The Morgan fingerprint density at radius 1 is 0.864 bits per heavy atom. The predicted molar refractivity (Wildman–Crippen MR) is 174 cm³/mol. The average Bonchev–Trinajstić information content (AvgIpc) is 3.43. The minimum Gasteiger partial charge on any atom is -0.497 e. The Kier molecular flexibility index (Phi) is 9.55. The van der Waals surface area contributed by atoms with E-state index in [0.29, 0.717) is 19.5 Å². The standard InChI is InChI=1S/C37H39N3O4/c1-42-30-16-14-28(15-17-30)26-40-27-35(33-12-5-6-13-36(33)40)34(25-37(41)38-18-19-39-20-22-43-23-21-39)29-8-7-11-32(24-29)44-31-9-3-2-4-10-31/h2-17,24,27,34H,18-23,25-26H2,1H3,(H,38,41)/t34-/m0/s1. The third-order valence-electron chi connectivity index (χ3n) is 8.19. The first-order chi connectivity index (χ1) is 21.7. The van der Waals surface area contributed by atoms with Crippen molar-refractivity contribution in [3.8, 4) is 17.2 Å². The molecule has 5 aromatic rings. The molecule has 0 saturated carbocycles. The van der Waals surface area contributed by atoms with Crippen molar-refractivity contribution in [3.63, 3.8) is 0 Å². The third-order valence-corrected chi connectivity index (χ3v) is 8.19. The van der Waals surface area contributed by atoms with E-state index in [1.807, 2.05) is 54.6 Å². The summed E-state index contributed by atoms with van der Waals surface area (Å²) in [7, 11) is 1.68. The molecular formula is C37H39N3O4. The number of carbonyl (C=O) groups excluding carboxylic acids is 1. The van der Waals surface area contributed by atoms with Crippen LogP contribution in [0.4, 0.5) is 0 Å². The molecule has 1 aliphatic heterocycles. The van der Waals surface area contributed by atoms with Gasteiger partial charge in [-0.05, 0) is 59.2 Å². The Morgan fingerprint density at radius 3 is 2.41 bits per heavy atom. The number of benzene rings is 4. The highest BCUT2D eigenvalue weighted by atomic mass is 16.5. The molecule has 0 spiro atoms. The summed E-state index contributed by atoms with van der Waals surface area (Å²) < 4.78 is 19.3. The maximum atomic E-state index is 13.5. The van der Waals surface area contributed by atoms with Gasteiger partial charge in [-0.25, -0.2) is 0 Å². The third kappa shape index (κ3) is 7.30. The number of carbonyl (C=O) groups is 1. The van der Waals surface area contributed by atoms with Crippen LogP contribution < -0.4 is 14.8 Å². The van der Waals surface area contributed by atoms with E-state index in [-0.39, 0.29) is 11.8 Å². The number of aromatic nitrogens is 1. The molecule has 0 radical (unpaired) electrons. The van der Waals surface area contributed by atoms with E-state index in [2.05, 4.69) is 69.5 Å². The normalized spacial score (nSPS) is 14.3. The Balaban J connectivity index is 1.30. The summed E-state index contributed by atoms with van der Waals surface area (Å²) >= 11 is 0. The van der Waals surface area contributed by atoms with Crippen molar-refractivity contribution in [2.24, 2.45) is 0 Å². The zero-order chi connectivity index (χ0) is 30.1. The van der Waals surface area contributed by atoms with Crippen LogP contribution in [0, 0.1) is 0 Å². The number of ether oxygens (including phenoxy) is 3. The van der Waals surface area contributed by atoms with Crippen LogP contribution in [0.2, 0.25) is 0 Å². The Labute approximate surface area is 259 Å². The number of amides is 1. The topological polar surface area (TPSA) is 65.0 Å². The van der Waals surface area contributed by atoms with Gasteiger partial charge in [-0.2, -0.15) is 0 Å². The predicted octanol–water partition coefficient (Wildman–Crippen LogP) is 6.46. The van der Waals surface area contributed by atoms with E-state index < -0.39 is 0 Å². The quantitative estimate of drug-likeness (QED) is 0.181. The first-order valence-corrected chi connectivity index (χ1v) is 15.3. The van der Waals surface area contributed by atoms with Crippen LogP contribution in [-0.4, -0.2) is 61.9 Å². The van der Waals surface area contributed by atoms with E-state index in [1.54, 1.807) is 7.11 Å². The summed E-state index contributed by atoms with van der Waals surface area (Å²) in [5.74, 6) is 2.22. The lowest BCUT2D eigenvalue weighted by molar-refractivity contribution is -0.121. The van der Waals surface area contributed by atoms with Gasteiger partial charge in [-0.1, -0.05) is 60.7 Å². The lowest BCUT2D eigenvalue weighted by atomic mass is 9.88. The van der Waals surface area contributed by atoms with Crippen molar-refractivity contribution in [1.29, 1.82) is 0 Å². The smallest absolute Gasteiger partial charge is 0.220 e. The molecule has 1 fully saturated rings. The fourth-order valence-corrected chi connectivity index (χ4v) is 5.87. The molecule has 7 nitrogen and oxygen atoms in total. The monoisotopic (exact) mass is 589 g/mol. The van der Waals surface area contributed by atoms with E-state index in [0.717, 1.165) is 72.1 Å². The molecule has 7 heteroatoms. The van der Waals surface area contributed by atoms with Gasteiger partial charge in [0, 0.05) is 62.2 Å². The summed E-state index contributed by atoms with van der Waals surface area (Å²) in [5, 5.41) is 4.33. The van der Waals surface area contributed by atoms with Gasteiger partial charge in [-0.15, -0.1) is 0 Å². The van der Waals surface area contributed by atoms with Gasteiger partial charge < -0.3 is 24.1 Å². The van der Waals surface area contributed by atoms with Crippen LogP contribution in [0.5, 0.6) is 17.2 Å². The molecule has 44 heavy (non-hydrogen) atoms. The number of nitrogens with zero attached hydrogens (tertiary/aromatic N) is 2. The van der Waals surface area contributed by atoms with Gasteiger partial charge in [-0.3, -0.25) is 9.69 Å². The van der Waals surface area contributed by atoms with Gasteiger partial charge in [0.15, 0.2) is 0 Å². The van der Waals surface area contributed by atoms with Gasteiger partial charge in [0.1, 0.15) is 17.2 Å². The Bertz CT molecular complexity index is 1660. The molecule has 1 aliphatic rings. The van der Waals surface area contributed by atoms with Crippen LogP contribution in [0.25, 0.3) is 10.9 Å². The minimum atomic E-state index is -0.167. The molecule has 6 rings (SSSR count). The SMILES string of the molecule is COc1ccc(Cn2cc([C@@H](CC(=O)NCCN3CCOCC3)c3cccc(Oc4ccccc4)c3)c3ccccc32)cc1. The number of methoxy groups -OCH3 is 1. The van der Waals surface area contributed by atoms with Crippen molar-refractivity contribution in [2.45, 2.75) is 18.9 Å². The van der Waals surface area contributed by atoms with E-state index in [9.17, 15) is 4.79 Å². The second-order valence-corrected chi connectivity index (χ2v) is 11.1. The molecular weight excluding hydrogens is 550 g/mol. The Morgan fingerprint density at radius 2 is 1.61 bits per heavy atom. The Hall–Kier alpha value is -4.59. The molecule has 226 valence electrons. The fourth-order valence-electron chi connectivity index (χ4n) is 5.87. The first-order valence-electron chi connectivity index (χ1n) is 15.3. The second kappa shape index (κ2) is 14.3. The van der Waals surface area contributed by atoms with Crippen molar-refractivity contribution in [1.82, 2.24) is 14.8 Å². The molecule has 1 aromatic heterocycles. The van der Waals surface area contributed by atoms with Gasteiger partial charge >= 0.3 is 0 Å². The maximum Gasteiger partial charge on any atom is 0.220 e. The van der Waals surface area contributed by atoms with Crippen molar-refractivity contribution < 1.29 is 19.0 Å². The van der Waals surface area contributed by atoms with Crippen LogP contribution >= 0.6 is 0 Å². The van der Waals surface area contributed by atoms with Crippen molar-refractivity contribution in [2.75, 3.05) is 46.5 Å². The lowest BCUT2D eigenvalue weighted by Gasteiger charge is -2.26. The van der Waals surface area contributed by atoms with Crippen LogP contribution in [0.15, 0.2) is 109 Å². The molecule has 1 N–H and O–H groups in total. The minimum absolute atomic E-state index is 0.0321. The zero-order valence-electron chi connectivity index (χ0n) is 25.2. The number of nitrogens with one attached hydrogen (secondary N) is 1. The van der Waals surface area contributed by atoms with Crippen LogP contribution in [-0.2, 0) is 16.1 Å². The zero-order valence-corrected chi connectivity index (χ0v) is 25.2. The fraction of sp³-hybridized carbons (Fsp3) is 0.270. The van der Waals surface area contributed by atoms with E-state index in [4.69, 9.17) is 14.2 Å². The average molecular weight is 590 g/mol. The number of morpholine rings is 1. The van der Waals surface area contributed by atoms with Crippen LogP contribution in [0.3, 0.4) is 0 Å². The van der Waals surface area contributed by atoms with Gasteiger partial charge in [0.05, 0.1) is 20.3 Å². The molecule has 0 unspecified atom stereocenters. The summed E-state index contributed by atoms with van der Waals surface area (Å²) in [4.78, 5) is 15.8. The summed E-state index contributed by atoms with van der Waals surface area (Å²) in [6, 6.07) is 34.5. The van der Waals surface area contributed by atoms with E-state index in [1.165, 1.54) is 5.56 Å². The van der Waals surface area contributed by atoms with Crippen LogP contribution in [0.1, 0.15) is 29.0 Å². The molecule has 4 aromatic carbocycles. The molecule has 1 amide bonds. The molecule has 2 heterocycles. The number of para-hydroxylation sites is 2. The molecule has 1 atom stereocenters. The molecule has 0 bridgehead atoms. The van der Waals surface area contributed by atoms with Crippen molar-refractivity contribution >= 4 is 16.8 Å². The molecule has 1 saturated heterocycles. The number of hydrogen-bond donors (Lipinski definition) is 1. The van der Waals surface area contributed by atoms with Gasteiger partial charge in [0.2, 0.25) is 5.91 Å². The highest BCUT2D eigenvalue weighted by Crippen LogP contribution is 2.37. The highest BCUT2D eigenvalue weighted by Gasteiger charge is 2.24. The largest absolute Gasteiger partial charge is 0.497 e. The summed E-state index contributed by atoms with van der Waals surface area (Å²) in [5.41, 5.74) is 4.46. The second-order valence-electron chi connectivity index (χ2n) is 11.1. The molecule has 0 aliphatic carbocycles. The summed E-state index contributed by atoms with van der Waals surface area (Å²) in [6.45, 7) is 5.44.